The summed E-state index contributed by atoms with van der Waals surface area (Å²) in [5.74, 6) is 1.04. The summed E-state index contributed by atoms with van der Waals surface area (Å²) < 4.78 is 0. The van der Waals surface area contributed by atoms with Gasteiger partial charge in [-0.2, -0.15) is 0 Å². The molecule has 0 spiro atoms. The van der Waals surface area contributed by atoms with E-state index < -0.39 is 0 Å². The van der Waals surface area contributed by atoms with Crippen LogP contribution in [0.1, 0.15) is 39.0 Å². The standard InChI is InChI=1S/C11H22N2OS/c1-9(15-8-7-12)11(14)13-10-5-3-2-4-6-10/h9-10H,2-8,12H2,1H3,(H,13,14). The first-order valence-corrected chi connectivity index (χ1v) is 6.91. The van der Waals surface area contributed by atoms with Crippen LogP contribution in [0.15, 0.2) is 0 Å². The molecule has 1 saturated carbocycles. The Morgan fingerprint density at radius 2 is 2.13 bits per heavy atom. The summed E-state index contributed by atoms with van der Waals surface area (Å²) >= 11 is 1.64. The lowest BCUT2D eigenvalue weighted by Crippen LogP contribution is -2.40. The van der Waals surface area contributed by atoms with Crippen molar-refractivity contribution in [1.82, 2.24) is 5.32 Å². The molecule has 1 fully saturated rings. The first-order valence-electron chi connectivity index (χ1n) is 5.86. The first kappa shape index (κ1) is 12.8. The monoisotopic (exact) mass is 230 g/mol. The number of amides is 1. The molecule has 0 heterocycles. The van der Waals surface area contributed by atoms with Gasteiger partial charge < -0.3 is 11.1 Å². The Bertz CT molecular complexity index is 193. The fraction of sp³-hybridized carbons (Fsp3) is 0.909. The molecule has 3 nitrogen and oxygen atoms in total. The van der Waals surface area contributed by atoms with E-state index in [1.54, 1.807) is 11.8 Å². The molecule has 4 heteroatoms. The van der Waals surface area contributed by atoms with Crippen molar-refractivity contribution in [2.45, 2.75) is 50.3 Å². The van der Waals surface area contributed by atoms with Crippen molar-refractivity contribution in [2.24, 2.45) is 5.73 Å². The van der Waals surface area contributed by atoms with Crippen molar-refractivity contribution in [1.29, 1.82) is 0 Å². The van der Waals surface area contributed by atoms with E-state index >= 15 is 0 Å². The van der Waals surface area contributed by atoms with Crippen LogP contribution in [0.4, 0.5) is 0 Å². The van der Waals surface area contributed by atoms with Gasteiger partial charge in [0.05, 0.1) is 5.25 Å². The summed E-state index contributed by atoms with van der Waals surface area (Å²) in [6, 6.07) is 0.423. The van der Waals surface area contributed by atoms with Gasteiger partial charge in [-0.3, -0.25) is 4.79 Å². The van der Waals surface area contributed by atoms with Gasteiger partial charge >= 0.3 is 0 Å². The lowest BCUT2D eigenvalue weighted by molar-refractivity contribution is -0.121. The summed E-state index contributed by atoms with van der Waals surface area (Å²) in [4.78, 5) is 11.7. The van der Waals surface area contributed by atoms with E-state index in [9.17, 15) is 4.79 Å². The molecule has 88 valence electrons. The number of thioether (sulfide) groups is 1. The maximum atomic E-state index is 11.7. The van der Waals surface area contributed by atoms with Crippen LogP contribution in [-0.4, -0.2) is 29.5 Å². The highest BCUT2D eigenvalue weighted by molar-refractivity contribution is 8.00. The van der Waals surface area contributed by atoms with Crippen molar-refractivity contribution in [2.75, 3.05) is 12.3 Å². The van der Waals surface area contributed by atoms with Crippen molar-refractivity contribution >= 4 is 17.7 Å². The number of hydrogen-bond donors (Lipinski definition) is 2. The molecule has 0 aromatic rings. The van der Waals surface area contributed by atoms with Crippen molar-refractivity contribution < 1.29 is 4.79 Å². The highest BCUT2D eigenvalue weighted by Crippen LogP contribution is 2.18. The lowest BCUT2D eigenvalue weighted by Gasteiger charge is -2.24. The molecule has 3 N–H and O–H groups in total. The number of nitrogens with two attached hydrogens (primary N) is 1. The molecule has 1 amide bonds. The Balaban J connectivity index is 2.20. The second kappa shape index (κ2) is 7.12. The quantitative estimate of drug-likeness (QED) is 0.753. The van der Waals surface area contributed by atoms with Crippen LogP contribution >= 0.6 is 11.8 Å². The van der Waals surface area contributed by atoms with E-state index in [1.165, 1.54) is 19.3 Å². The highest BCUT2D eigenvalue weighted by Gasteiger charge is 2.19. The Morgan fingerprint density at radius 3 is 2.73 bits per heavy atom. The van der Waals surface area contributed by atoms with E-state index in [0.29, 0.717) is 12.6 Å². The van der Waals surface area contributed by atoms with E-state index in [4.69, 9.17) is 5.73 Å². The van der Waals surface area contributed by atoms with Crippen LogP contribution in [-0.2, 0) is 4.79 Å². The fourth-order valence-corrected chi connectivity index (χ4v) is 2.60. The largest absolute Gasteiger partial charge is 0.352 e. The van der Waals surface area contributed by atoms with Crippen LogP contribution in [0.25, 0.3) is 0 Å². The molecule has 0 aromatic heterocycles. The Labute approximate surface area is 96.6 Å². The zero-order chi connectivity index (χ0) is 11.1. The van der Waals surface area contributed by atoms with Gasteiger partial charge in [0, 0.05) is 18.3 Å². The van der Waals surface area contributed by atoms with E-state index in [1.807, 2.05) is 6.92 Å². The molecule has 0 bridgehead atoms. The topological polar surface area (TPSA) is 55.1 Å². The molecule has 1 unspecified atom stereocenters. The number of carbonyl (C=O) groups is 1. The highest BCUT2D eigenvalue weighted by atomic mass is 32.2. The van der Waals surface area contributed by atoms with Crippen LogP contribution in [0.3, 0.4) is 0 Å². The molecular weight excluding hydrogens is 208 g/mol. The second-order valence-corrected chi connectivity index (χ2v) is 5.59. The summed E-state index contributed by atoms with van der Waals surface area (Å²) in [5, 5.41) is 3.16. The molecule has 1 rings (SSSR count). The van der Waals surface area contributed by atoms with Gasteiger partial charge in [-0.1, -0.05) is 19.3 Å². The summed E-state index contributed by atoms with van der Waals surface area (Å²) in [6.07, 6.45) is 6.15. The number of nitrogens with one attached hydrogen (secondary N) is 1. The molecule has 0 radical (unpaired) electrons. The third-order valence-corrected chi connectivity index (χ3v) is 3.99. The average molecular weight is 230 g/mol. The van der Waals surface area contributed by atoms with Crippen LogP contribution in [0.2, 0.25) is 0 Å². The predicted octanol–water partition coefficient (Wildman–Crippen LogP) is 1.52. The zero-order valence-corrected chi connectivity index (χ0v) is 10.3. The SMILES string of the molecule is CC(SCCN)C(=O)NC1CCCCC1. The minimum Gasteiger partial charge on any atom is -0.352 e. The molecule has 1 aliphatic rings. The van der Waals surface area contributed by atoms with E-state index in [0.717, 1.165) is 18.6 Å². The fourth-order valence-electron chi connectivity index (χ4n) is 1.89. The van der Waals surface area contributed by atoms with Gasteiger partial charge in [0.1, 0.15) is 0 Å². The maximum Gasteiger partial charge on any atom is 0.233 e. The minimum atomic E-state index is 0.0375. The first-order chi connectivity index (χ1) is 7.24. The van der Waals surface area contributed by atoms with Crippen molar-refractivity contribution in [3.8, 4) is 0 Å². The molecule has 1 aliphatic carbocycles. The van der Waals surface area contributed by atoms with Gasteiger partial charge in [0.2, 0.25) is 5.91 Å². The van der Waals surface area contributed by atoms with E-state index in [2.05, 4.69) is 5.32 Å². The van der Waals surface area contributed by atoms with Crippen LogP contribution in [0.5, 0.6) is 0 Å². The number of hydrogen-bond acceptors (Lipinski definition) is 3. The molecule has 1 atom stereocenters. The normalized spacial score (nSPS) is 19.9. The summed E-state index contributed by atoms with van der Waals surface area (Å²) in [7, 11) is 0. The Morgan fingerprint density at radius 1 is 1.47 bits per heavy atom. The molecule has 0 aliphatic heterocycles. The predicted molar refractivity (Wildman–Crippen MR) is 66.0 cm³/mol. The van der Waals surface area contributed by atoms with E-state index in [-0.39, 0.29) is 11.2 Å². The van der Waals surface area contributed by atoms with Gasteiger partial charge in [0.25, 0.3) is 0 Å². The maximum absolute atomic E-state index is 11.7. The average Bonchev–Trinajstić information content (AvgIpc) is 2.27. The number of carbonyl (C=O) groups excluding carboxylic acids is 1. The van der Waals surface area contributed by atoms with Gasteiger partial charge in [0.15, 0.2) is 0 Å². The zero-order valence-electron chi connectivity index (χ0n) is 9.50. The summed E-state index contributed by atoms with van der Waals surface area (Å²) in [6.45, 7) is 2.60. The summed E-state index contributed by atoms with van der Waals surface area (Å²) in [5.41, 5.74) is 5.41. The van der Waals surface area contributed by atoms with Crippen molar-refractivity contribution in [3.63, 3.8) is 0 Å². The van der Waals surface area contributed by atoms with Gasteiger partial charge in [-0.25, -0.2) is 0 Å². The number of rotatable bonds is 5. The molecule has 0 aromatic carbocycles. The molecular formula is C11H22N2OS. The van der Waals surface area contributed by atoms with Crippen LogP contribution in [0, 0.1) is 0 Å². The third-order valence-electron chi connectivity index (χ3n) is 2.81. The smallest absolute Gasteiger partial charge is 0.233 e. The Kier molecular flexibility index (Phi) is 6.10. The second-order valence-electron chi connectivity index (χ2n) is 4.15. The van der Waals surface area contributed by atoms with Gasteiger partial charge in [-0.15, -0.1) is 11.8 Å². The lowest BCUT2D eigenvalue weighted by atomic mass is 9.95. The Hall–Kier alpha value is -0.220. The molecule has 0 saturated heterocycles. The molecule has 15 heavy (non-hydrogen) atoms. The van der Waals surface area contributed by atoms with Crippen molar-refractivity contribution in [3.05, 3.63) is 0 Å². The van der Waals surface area contributed by atoms with Crippen LogP contribution < -0.4 is 11.1 Å². The third kappa shape index (κ3) is 4.89. The minimum absolute atomic E-state index is 0.0375. The van der Waals surface area contributed by atoms with Gasteiger partial charge in [-0.05, 0) is 19.8 Å².